The van der Waals surface area contributed by atoms with Crippen LogP contribution in [0.5, 0.6) is 5.88 Å². The summed E-state index contributed by atoms with van der Waals surface area (Å²) in [6, 6.07) is 1.88. The molecule has 1 saturated heterocycles. The van der Waals surface area contributed by atoms with E-state index >= 15 is 0 Å². The van der Waals surface area contributed by atoms with Crippen molar-refractivity contribution in [2.24, 2.45) is 0 Å². The molecule has 0 radical (unpaired) electrons. The summed E-state index contributed by atoms with van der Waals surface area (Å²) in [4.78, 5) is 17.8. The first-order valence-electron chi connectivity index (χ1n) is 8.39. The molecule has 3 rings (SSSR count). The van der Waals surface area contributed by atoms with Crippen LogP contribution in [0.4, 0.5) is 5.95 Å². The Morgan fingerprint density at radius 2 is 2.04 bits per heavy atom. The third-order valence-corrected chi connectivity index (χ3v) is 4.29. The van der Waals surface area contributed by atoms with Crippen LogP contribution in [-0.2, 0) is 6.42 Å². The van der Waals surface area contributed by atoms with Gasteiger partial charge in [-0.1, -0.05) is 12.1 Å². The summed E-state index contributed by atoms with van der Waals surface area (Å²) in [5.74, 6) is 2.79. The lowest BCUT2D eigenvalue weighted by atomic mass is 10.2. The Hall–Kier alpha value is -2.22. The van der Waals surface area contributed by atoms with Gasteiger partial charge in [0.1, 0.15) is 0 Å². The highest BCUT2D eigenvalue weighted by Gasteiger charge is 2.26. The van der Waals surface area contributed by atoms with Crippen molar-refractivity contribution in [3.05, 3.63) is 24.0 Å². The number of hydrogen-bond donors (Lipinski definition) is 0. The quantitative estimate of drug-likeness (QED) is 0.791. The number of rotatable bonds is 6. The third kappa shape index (κ3) is 3.64. The zero-order chi connectivity index (χ0) is 16.9. The highest BCUT2D eigenvalue weighted by atomic mass is 16.5. The van der Waals surface area contributed by atoms with E-state index in [4.69, 9.17) is 9.26 Å². The molecule has 1 aliphatic heterocycles. The molecule has 2 aromatic rings. The molecule has 0 saturated carbocycles. The van der Waals surface area contributed by atoms with Crippen LogP contribution in [0.15, 0.2) is 16.8 Å². The molecule has 130 valence electrons. The first-order valence-corrected chi connectivity index (χ1v) is 8.39. The van der Waals surface area contributed by atoms with Gasteiger partial charge in [0.15, 0.2) is 5.82 Å². The zero-order valence-corrected chi connectivity index (χ0v) is 14.5. The highest BCUT2D eigenvalue weighted by Crippen LogP contribution is 2.22. The molecule has 0 aromatic carbocycles. The van der Waals surface area contributed by atoms with Crippen molar-refractivity contribution in [2.75, 3.05) is 38.2 Å². The van der Waals surface area contributed by atoms with Crippen molar-refractivity contribution in [1.29, 1.82) is 0 Å². The summed E-state index contributed by atoms with van der Waals surface area (Å²) in [6.07, 6.45) is 3.60. The fraction of sp³-hybridized carbons (Fsp3) is 0.625. The minimum Gasteiger partial charge on any atom is -0.481 e. The van der Waals surface area contributed by atoms with Crippen molar-refractivity contribution in [3.63, 3.8) is 0 Å². The van der Waals surface area contributed by atoms with Crippen LogP contribution in [0.2, 0.25) is 0 Å². The molecule has 1 aliphatic rings. The summed E-state index contributed by atoms with van der Waals surface area (Å²) in [5, 5.41) is 4.05. The van der Waals surface area contributed by atoms with Gasteiger partial charge in [0.2, 0.25) is 17.7 Å². The zero-order valence-electron chi connectivity index (χ0n) is 14.5. The van der Waals surface area contributed by atoms with Gasteiger partial charge in [-0.05, 0) is 13.3 Å². The molecule has 1 fully saturated rings. The van der Waals surface area contributed by atoms with Gasteiger partial charge in [-0.3, -0.25) is 4.90 Å². The van der Waals surface area contributed by atoms with E-state index < -0.39 is 0 Å². The lowest BCUT2D eigenvalue weighted by Gasteiger charge is -2.36. The van der Waals surface area contributed by atoms with E-state index in [-0.39, 0.29) is 6.04 Å². The number of hydrogen-bond acceptors (Lipinski definition) is 8. The van der Waals surface area contributed by atoms with Gasteiger partial charge in [0.05, 0.1) is 13.2 Å². The van der Waals surface area contributed by atoms with Crippen molar-refractivity contribution in [1.82, 2.24) is 25.0 Å². The lowest BCUT2D eigenvalue weighted by Crippen LogP contribution is -2.47. The Kier molecular flexibility index (Phi) is 5.24. The largest absolute Gasteiger partial charge is 0.481 e. The number of nitrogens with zero attached hydrogens (tertiary/aromatic N) is 6. The van der Waals surface area contributed by atoms with Crippen molar-refractivity contribution >= 4 is 5.95 Å². The minimum atomic E-state index is 0.122. The minimum absolute atomic E-state index is 0.122. The van der Waals surface area contributed by atoms with E-state index in [9.17, 15) is 0 Å². The molecule has 0 N–H and O–H groups in total. The van der Waals surface area contributed by atoms with E-state index in [0.29, 0.717) is 17.7 Å². The first kappa shape index (κ1) is 16.6. The van der Waals surface area contributed by atoms with Crippen LogP contribution in [0.25, 0.3) is 0 Å². The summed E-state index contributed by atoms with van der Waals surface area (Å²) in [6.45, 7) is 7.72. The summed E-state index contributed by atoms with van der Waals surface area (Å²) in [7, 11) is 1.61. The Morgan fingerprint density at radius 3 is 2.75 bits per heavy atom. The van der Waals surface area contributed by atoms with Crippen LogP contribution < -0.4 is 9.64 Å². The topological polar surface area (TPSA) is 80.4 Å². The predicted molar refractivity (Wildman–Crippen MR) is 89.1 cm³/mol. The van der Waals surface area contributed by atoms with Crippen LogP contribution in [0.3, 0.4) is 0 Å². The van der Waals surface area contributed by atoms with Crippen LogP contribution >= 0.6 is 0 Å². The Bertz CT molecular complexity index is 654. The van der Waals surface area contributed by atoms with E-state index in [1.807, 2.05) is 0 Å². The molecular formula is C16H24N6O2. The molecule has 0 bridgehead atoms. The van der Waals surface area contributed by atoms with Gasteiger partial charge in [-0.15, -0.1) is 0 Å². The molecule has 2 aromatic heterocycles. The Labute approximate surface area is 141 Å². The van der Waals surface area contributed by atoms with Gasteiger partial charge in [0, 0.05) is 44.9 Å². The molecule has 8 heteroatoms. The second kappa shape index (κ2) is 7.57. The van der Waals surface area contributed by atoms with E-state index in [1.165, 1.54) is 0 Å². The molecule has 1 atom stereocenters. The maximum absolute atomic E-state index is 5.42. The molecule has 8 nitrogen and oxygen atoms in total. The monoisotopic (exact) mass is 332 g/mol. The number of piperazine rings is 1. The molecule has 0 amide bonds. The van der Waals surface area contributed by atoms with E-state index in [1.54, 1.807) is 19.4 Å². The number of ether oxygens (including phenoxy) is 1. The van der Waals surface area contributed by atoms with Crippen molar-refractivity contribution < 1.29 is 9.26 Å². The molecular weight excluding hydrogens is 308 g/mol. The van der Waals surface area contributed by atoms with Crippen LogP contribution in [-0.4, -0.2) is 58.3 Å². The predicted octanol–water partition coefficient (Wildman–Crippen LogP) is 1.70. The van der Waals surface area contributed by atoms with Gasteiger partial charge < -0.3 is 14.2 Å². The molecule has 24 heavy (non-hydrogen) atoms. The van der Waals surface area contributed by atoms with E-state index in [2.05, 4.69) is 43.8 Å². The third-order valence-electron chi connectivity index (χ3n) is 4.29. The number of aryl methyl sites for hydroxylation is 1. The van der Waals surface area contributed by atoms with E-state index in [0.717, 1.165) is 44.8 Å². The van der Waals surface area contributed by atoms with Crippen molar-refractivity contribution in [2.45, 2.75) is 32.7 Å². The average Bonchev–Trinajstić information content (AvgIpc) is 3.10. The number of methoxy groups -OCH3 is 1. The average molecular weight is 332 g/mol. The molecule has 0 aliphatic carbocycles. The van der Waals surface area contributed by atoms with Gasteiger partial charge in [-0.25, -0.2) is 4.98 Å². The fourth-order valence-electron chi connectivity index (χ4n) is 2.83. The highest BCUT2D eigenvalue weighted by molar-refractivity contribution is 5.32. The second-order valence-corrected chi connectivity index (χ2v) is 5.90. The number of anilines is 1. The maximum Gasteiger partial charge on any atom is 0.243 e. The van der Waals surface area contributed by atoms with Crippen LogP contribution in [0.1, 0.15) is 38.0 Å². The standard InChI is InChI=1S/C16H24N6O2/c1-4-5-13-18-15(24-20-13)12(2)21-8-10-22(11-9-21)16-17-7-6-14(19-16)23-3/h6-7,12H,4-5,8-11H2,1-3H3/t12-/m0/s1. The molecule has 0 spiro atoms. The second-order valence-electron chi connectivity index (χ2n) is 5.90. The normalized spacial score (nSPS) is 17.0. The summed E-state index contributed by atoms with van der Waals surface area (Å²) >= 11 is 0. The van der Waals surface area contributed by atoms with Crippen LogP contribution in [0, 0.1) is 0 Å². The first-order chi connectivity index (χ1) is 11.7. The van der Waals surface area contributed by atoms with Gasteiger partial charge in [0.25, 0.3) is 0 Å². The summed E-state index contributed by atoms with van der Waals surface area (Å²) < 4.78 is 10.6. The smallest absolute Gasteiger partial charge is 0.243 e. The Morgan fingerprint density at radius 1 is 1.25 bits per heavy atom. The fourth-order valence-corrected chi connectivity index (χ4v) is 2.83. The van der Waals surface area contributed by atoms with Gasteiger partial charge in [-0.2, -0.15) is 9.97 Å². The molecule has 3 heterocycles. The van der Waals surface area contributed by atoms with Gasteiger partial charge >= 0.3 is 0 Å². The van der Waals surface area contributed by atoms with Crippen molar-refractivity contribution in [3.8, 4) is 5.88 Å². The molecule has 0 unspecified atom stereocenters. The summed E-state index contributed by atoms with van der Waals surface area (Å²) in [5.41, 5.74) is 0. The lowest BCUT2D eigenvalue weighted by molar-refractivity contribution is 0.163. The SMILES string of the molecule is CCCc1noc([C@H](C)N2CCN(c3nccc(OC)n3)CC2)n1. The number of aromatic nitrogens is 4. The maximum atomic E-state index is 5.42. The Balaban J connectivity index is 1.59.